The van der Waals surface area contributed by atoms with Crippen molar-refractivity contribution >= 4 is 23.5 Å². The second kappa shape index (κ2) is 18.2. The molecule has 7 nitrogen and oxygen atoms in total. The Hall–Kier alpha value is -3.88. The van der Waals surface area contributed by atoms with Gasteiger partial charge in [-0.05, 0) is 99.9 Å². The van der Waals surface area contributed by atoms with E-state index in [2.05, 4.69) is 79.0 Å². The summed E-state index contributed by atoms with van der Waals surface area (Å²) in [6.07, 6.45) is 10.6. The van der Waals surface area contributed by atoms with E-state index in [-0.39, 0.29) is 5.54 Å². The number of halogens is 1. The lowest BCUT2D eigenvalue weighted by molar-refractivity contribution is 0.226. The van der Waals surface area contributed by atoms with E-state index in [1.165, 1.54) is 67.9 Å². The molecule has 1 atom stereocenters. The third kappa shape index (κ3) is 9.67. The average molecular weight is 750 g/mol. The minimum atomic E-state index is 0.211. The zero-order valence-corrected chi connectivity index (χ0v) is 34.0. The molecule has 54 heavy (non-hydrogen) atoms. The molecule has 6 rings (SSSR count). The van der Waals surface area contributed by atoms with E-state index in [9.17, 15) is 0 Å². The molecule has 1 unspecified atom stereocenters. The highest BCUT2D eigenvalue weighted by molar-refractivity contribution is 6.36. The van der Waals surface area contributed by atoms with Crippen LogP contribution in [0.2, 0.25) is 5.02 Å². The van der Waals surface area contributed by atoms with Crippen LogP contribution in [0.15, 0.2) is 66.7 Å². The van der Waals surface area contributed by atoms with Gasteiger partial charge >= 0.3 is 0 Å². The largest absolute Gasteiger partial charge is 0.496 e. The molecule has 0 amide bonds. The van der Waals surface area contributed by atoms with E-state index >= 15 is 0 Å². The average Bonchev–Trinajstić information content (AvgIpc) is 3.52. The molecule has 1 saturated carbocycles. The molecule has 1 aliphatic carbocycles. The van der Waals surface area contributed by atoms with Crippen molar-refractivity contribution in [3.63, 3.8) is 0 Å². The Balaban J connectivity index is 1.16. The van der Waals surface area contributed by atoms with Crippen LogP contribution in [0.5, 0.6) is 11.5 Å². The first-order valence-electron chi connectivity index (χ1n) is 19.8. The van der Waals surface area contributed by atoms with Crippen LogP contribution in [0, 0.1) is 18.3 Å². The summed E-state index contributed by atoms with van der Waals surface area (Å²) in [6, 6.07) is 23.5. The zero-order valence-electron chi connectivity index (χ0n) is 33.2. The Bertz CT molecular complexity index is 1900. The number of ether oxygens (including phenoxy) is 2. The molecule has 0 aromatic heterocycles. The Labute approximate surface area is 328 Å². The molecule has 0 spiro atoms. The van der Waals surface area contributed by atoms with Crippen LogP contribution in [-0.2, 0) is 19.6 Å². The maximum atomic E-state index is 8.48. The molecule has 1 heterocycles. The second-order valence-corrected chi connectivity index (χ2v) is 16.5. The van der Waals surface area contributed by atoms with Gasteiger partial charge in [0.2, 0.25) is 0 Å². The standard InChI is InChI=1S/C46H60ClN5O2/c1-31-22-36(30-52(4)29-32-12-8-7-9-13-32)44(54-6)24-35(31)27-50-42-17-11-15-39(41(42)25-48)40-16-10-14-38(45(40)47)33-18-19-34(43(23-33)53-5)26-49-28-37-20-21-46(2,3)51-37/h10-11,14-19,22-25,32,37,48-51H,7-9,12-13,20-21,26-30H2,1-6H3. The number of anilines is 1. The van der Waals surface area contributed by atoms with Gasteiger partial charge in [0.05, 0.1) is 19.2 Å². The number of benzene rings is 4. The summed E-state index contributed by atoms with van der Waals surface area (Å²) >= 11 is 7.23. The smallest absolute Gasteiger partial charge is 0.123 e. The van der Waals surface area contributed by atoms with Gasteiger partial charge < -0.3 is 35.7 Å². The molecule has 2 aliphatic rings. The SMILES string of the molecule is COc1cc(-c2cccc(-c3cccc(NCc4cc(OC)c(CN(C)CC5CCCCC5)cc4C)c3C=N)c2Cl)ccc1CNCC1CCC(C)(C)N1. The first-order chi connectivity index (χ1) is 26.1. The second-order valence-electron chi connectivity index (χ2n) is 16.1. The van der Waals surface area contributed by atoms with Crippen molar-refractivity contribution in [2.75, 3.05) is 39.7 Å². The highest BCUT2D eigenvalue weighted by Gasteiger charge is 2.29. The summed E-state index contributed by atoms with van der Waals surface area (Å²) in [5.74, 6) is 2.55. The molecule has 288 valence electrons. The van der Waals surface area contributed by atoms with Crippen molar-refractivity contribution < 1.29 is 9.47 Å². The fourth-order valence-electron chi connectivity index (χ4n) is 8.55. The minimum absolute atomic E-state index is 0.211. The zero-order chi connectivity index (χ0) is 38.2. The lowest BCUT2D eigenvalue weighted by atomic mass is 9.89. The Morgan fingerprint density at radius 2 is 1.59 bits per heavy atom. The van der Waals surface area contributed by atoms with Crippen LogP contribution in [0.3, 0.4) is 0 Å². The predicted molar refractivity (Wildman–Crippen MR) is 227 cm³/mol. The van der Waals surface area contributed by atoms with Gasteiger partial charge in [0.15, 0.2) is 0 Å². The van der Waals surface area contributed by atoms with Crippen LogP contribution in [0.1, 0.15) is 86.6 Å². The van der Waals surface area contributed by atoms with Gasteiger partial charge in [-0.25, -0.2) is 0 Å². The third-order valence-electron chi connectivity index (χ3n) is 11.5. The number of methoxy groups -OCH3 is 2. The molecular weight excluding hydrogens is 690 g/mol. The number of rotatable bonds is 16. The Morgan fingerprint density at radius 3 is 2.31 bits per heavy atom. The molecule has 4 aromatic carbocycles. The number of hydrogen-bond acceptors (Lipinski definition) is 7. The quantitative estimate of drug-likeness (QED) is 0.0854. The number of aryl methyl sites for hydroxylation is 1. The van der Waals surface area contributed by atoms with Crippen molar-refractivity contribution in [1.82, 2.24) is 15.5 Å². The summed E-state index contributed by atoms with van der Waals surface area (Å²) in [4.78, 5) is 2.45. The van der Waals surface area contributed by atoms with Crippen molar-refractivity contribution in [2.45, 2.75) is 96.9 Å². The molecule has 0 bridgehead atoms. The summed E-state index contributed by atoms with van der Waals surface area (Å²) in [6.45, 7) is 11.0. The molecule has 4 N–H and O–H groups in total. The van der Waals surface area contributed by atoms with E-state index < -0.39 is 0 Å². The van der Waals surface area contributed by atoms with E-state index in [0.717, 1.165) is 82.7 Å². The summed E-state index contributed by atoms with van der Waals surface area (Å²) in [5.41, 5.74) is 10.3. The highest BCUT2D eigenvalue weighted by atomic mass is 35.5. The van der Waals surface area contributed by atoms with Gasteiger partial charge in [-0.3, -0.25) is 0 Å². The predicted octanol–water partition coefficient (Wildman–Crippen LogP) is 10.2. The first kappa shape index (κ1) is 39.8. The van der Waals surface area contributed by atoms with Gasteiger partial charge in [0, 0.05) is 84.0 Å². The summed E-state index contributed by atoms with van der Waals surface area (Å²) in [5, 5.41) is 20.1. The van der Waals surface area contributed by atoms with Gasteiger partial charge in [0.25, 0.3) is 0 Å². The van der Waals surface area contributed by atoms with Crippen LogP contribution in [0.25, 0.3) is 22.3 Å². The molecule has 2 fully saturated rings. The Kier molecular flexibility index (Phi) is 13.4. The molecule has 8 heteroatoms. The maximum absolute atomic E-state index is 8.48. The molecule has 4 aromatic rings. The van der Waals surface area contributed by atoms with Gasteiger partial charge in [-0.15, -0.1) is 0 Å². The minimum Gasteiger partial charge on any atom is -0.496 e. The van der Waals surface area contributed by atoms with Crippen molar-refractivity contribution in [2.24, 2.45) is 5.92 Å². The monoisotopic (exact) mass is 749 g/mol. The lowest BCUT2D eigenvalue weighted by Gasteiger charge is -2.27. The van der Waals surface area contributed by atoms with E-state index in [0.29, 0.717) is 17.6 Å². The Morgan fingerprint density at radius 1 is 0.870 bits per heavy atom. The van der Waals surface area contributed by atoms with Crippen molar-refractivity contribution in [3.05, 3.63) is 99.6 Å². The van der Waals surface area contributed by atoms with Crippen molar-refractivity contribution in [3.8, 4) is 33.8 Å². The normalized spacial score (nSPS) is 17.1. The van der Waals surface area contributed by atoms with E-state index in [1.807, 2.05) is 36.4 Å². The van der Waals surface area contributed by atoms with Crippen LogP contribution < -0.4 is 25.4 Å². The molecule has 1 aliphatic heterocycles. The maximum Gasteiger partial charge on any atom is 0.123 e. The number of nitrogens with zero attached hydrogens (tertiary/aromatic N) is 1. The molecular formula is C46H60ClN5O2. The number of nitrogens with one attached hydrogen (secondary N) is 4. The number of hydrogen-bond donors (Lipinski definition) is 4. The summed E-state index contributed by atoms with van der Waals surface area (Å²) < 4.78 is 11.8. The fourth-order valence-corrected chi connectivity index (χ4v) is 8.88. The van der Waals surface area contributed by atoms with Gasteiger partial charge in [-0.1, -0.05) is 79.4 Å². The molecule has 0 radical (unpaired) electrons. The van der Waals surface area contributed by atoms with Crippen molar-refractivity contribution in [1.29, 1.82) is 5.41 Å². The topological polar surface area (TPSA) is 81.6 Å². The van der Waals surface area contributed by atoms with Gasteiger partial charge in [-0.2, -0.15) is 0 Å². The molecule has 1 saturated heterocycles. The van der Waals surface area contributed by atoms with Gasteiger partial charge in [0.1, 0.15) is 11.5 Å². The van der Waals surface area contributed by atoms with Crippen LogP contribution in [0.4, 0.5) is 5.69 Å². The van der Waals surface area contributed by atoms with E-state index in [1.54, 1.807) is 14.2 Å². The fraction of sp³-hybridized carbons (Fsp3) is 0.457. The highest BCUT2D eigenvalue weighted by Crippen LogP contribution is 2.40. The third-order valence-corrected chi connectivity index (χ3v) is 11.9. The van der Waals surface area contributed by atoms with Crippen LogP contribution >= 0.6 is 11.6 Å². The lowest BCUT2D eigenvalue weighted by Crippen LogP contribution is -2.42. The summed E-state index contributed by atoms with van der Waals surface area (Å²) in [7, 11) is 5.72. The van der Waals surface area contributed by atoms with E-state index in [4.69, 9.17) is 26.5 Å². The first-order valence-corrected chi connectivity index (χ1v) is 20.1. The van der Waals surface area contributed by atoms with Crippen LogP contribution in [-0.4, -0.2) is 57.1 Å².